The molecule has 3 heteroatoms. The van der Waals surface area contributed by atoms with Crippen molar-refractivity contribution < 1.29 is 8.78 Å². The summed E-state index contributed by atoms with van der Waals surface area (Å²) in [6, 6.07) is 8.36. The van der Waals surface area contributed by atoms with Crippen LogP contribution in [0, 0.1) is 32.4 Å². The molecular weight excluding hydrogens is 268 g/mol. The predicted octanol–water partition coefficient (Wildman–Crippen LogP) is 4.39. The molecule has 0 aromatic heterocycles. The molecule has 21 heavy (non-hydrogen) atoms. The van der Waals surface area contributed by atoms with Gasteiger partial charge in [0.2, 0.25) is 0 Å². The van der Waals surface area contributed by atoms with E-state index in [1.807, 2.05) is 7.05 Å². The standard InChI is InChI=1S/C18H21F2N/c1-11-7-12(2)15(13(3)8-11)10-18(21-4)14-5-6-16(19)17(20)9-14/h5-9,18,21H,10H2,1-4H3. The molecule has 1 nitrogen and oxygen atoms in total. The predicted molar refractivity (Wildman–Crippen MR) is 82.5 cm³/mol. The first kappa shape index (κ1) is 15.6. The summed E-state index contributed by atoms with van der Waals surface area (Å²) in [5.74, 6) is -1.61. The zero-order chi connectivity index (χ0) is 15.6. The highest BCUT2D eigenvalue weighted by atomic mass is 19.2. The maximum atomic E-state index is 13.4. The van der Waals surface area contributed by atoms with Crippen LogP contribution in [0.3, 0.4) is 0 Å². The van der Waals surface area contributed by atoms with Crippen LogP contribution in [0.1, 0.15) is 33.9 Å². The van der Waals surface area contributed by atoms with E-state index >= 15 is 0 Å². The number of hydrogen-bond donors (Lipinski definition) is 1. The molecule has 0 saturated heterocycles. The van der Waals surface area contributed by atoms with Crippen molar-refractivity contribution >= 4 is 0 Å². The highest BCUT2D eigenvalue weighted by molar-refractivity contribution is 5.39. The molecule has 0 aliphatic rings. The van der Waals surface area contributed by atoms with Gasteiger partial charge in [0.25, 0.3) is 0 Å². The number of nitrogens with one attached hydrogen (secondary N) is 1. The zero-order valence-corrected chi connectivity index (χ0v) is 12.9. The Morgan fingerprint density at radius 1 is 0.952 bits per heavy atom. The van der Waals surface area contributed by atoms with Crippen molar-refractivity contribution in [3.8, 4) is 0 Å². The summed E-state index contributed by atoms with van der Waals surface area (Å²) in [5, 5.41) is 3.19. The second-order valence-electron chi connectivity index (χ2n) is 5.60. The van der Waals surface area contributed by atoms with E-state index in [-0.39, 0.29) is 6.04 Å². The van der Waals surface area contributed by atoms with Crippen LogP contribution in [0.15, 0.2) is 30.3 Å². The Bertz CT molecular complexity index is 627. The fraction of sp³-hybridized carbons (Fsp3) is 0.333. The summed E-state index contributed by atoms with van der Waals surface area (Å²) in [6.45, 7) is 6.26. The van der Waals surface area contributed by atoms with Crippen LogP contribution < -0.4 is 5.32 Å². The molecule has 1 unspecified atom stereocenters. The van der Waals surface area contributed by atoms with Gasteiger partial charge in [-0.15, -0.1) is 0 Å². The monoisotopic (exact) mass is 289 g/mol. The molecule has 0 radical (unpaired) electrons. The van der Waals surface area contributed by atoms with Gasteiger partial charge in [-0.1, -0.05) is 23.8 Å². The number of aryl methyl sites for hydroxylation is 3. The van der Waals surface area contributed by atoms with Crippen molar-refractivity contribution in [1.82, 2.24) is 5.32 Å². The van der Waals surface area contributed by atoms with E-state index in [2.05, 4.69) is 38.2 Å². The zero-order valence-electron chi connectivity index (χ0n) is 12.9. The topological polar surface area (TPSA) is 12.0 Å². The first-order valence-corrected chi connectivity index (χ1v) is 7.11. The molecule has 0 saturated carbocycles. The molecule has 0 bridgehead atoms. The van der Waals surface area contributed by atoms with Gasteiger partial charge < -0.3 is 5.32 Å². The number of benzene rings is 2. The maximum absolute atomic E-state index is 13.4. The Balaban J connectivity index is 2.33. The van der Waals surface area contributed by atoms with Crippen molar-refractivity contribution in [3.05, 3.63) is 69.8 Å². The van der Waals surface area contributed by atoms with Gasteiger partial charge in [-0.2, -0.15) is 0 Å². The minimum Gasteiger partial charge on any atom is -0.313 e. The summed E-state index contributed by atoms with van der Waals surface area (Å²) >= 11 is 0. The van der Waals surface area contributed by atoms with E-state index in [0.29, 0.717) is 0 Å². The lowest BCUT2D eigenvalue weighted by Gasteiger charge is -2.20. The van der Waals surface area contributed by atoms with Crippen molar-refractivity contribution in [2.75, 3.05) is 7.05 Å². The summed E-state index contributed by atoms with van der Waals surface area (Å²) in [5.41, 5.74) is 5.72. The molecule has 2 aromatic carbocycles. The van der Waals surface area contributed by atoms with Crippen LogP contribution in [0.5, 0.6) is 0 Å². The van der Waals surface area contributed by atoms with Crippen LogP contribution in [-0.4, -0.2) is 7.05 Å². The second kappa shape index (κ2) is 6.35. The van der Waals surface area contributed by atoms with E-state index in [4.69, 9.17) is 0 Å². The summed E-state index contributed by atoms with van der Waals surface area (Å²) < 4.78 is 26.5. The molecule has 0 fully saturated rings. The molecule has 0 aliphatic carbocycles. The largest absolute Gasteiger partial charge is 0.313 e. The number of hydrogen-bond acceptors (Lipinski definition) is 1. The Morgan fingerprint density at radius 3 is 2.10 bits per heavy atom. The van der Waals surface area contributed by atoms with Gasteiger partial charge in [0.1, 0.15) is 0 Å². The Hall–Kier alpha value is -1.74. The molecule has 1 N–H and O–H groups in total. The molecule has 0 aliphatic heterocycles. The van der Waals surface area contributed by atoms with E-state index in [1.165, 1.54) is 34.4 Å². The summed E-state index contributed by atoms with van der Waals surface area (Å²) in [4.78, 5) is 0. The lowest BCUT2D eigenvalue weighted by Crippen LogP contribution is -2.20. The van der Waals surface area contributed by atoms with Crippen LogP contribution in [-0.2, 0) is 6.42 Å². The molecule has 2 rings (SSSR count). The third-order valence-corrected chi connectivity index (χ3v) is 3.94. The van der Waals surface area contributed by atoms with Crippen LogP contribution in [0.4, 0.5) is 8.78 Å². The first-order chi connectivity index (χ1) is 9.92. The van der Waals surface area contributed by atoms with Gasteiger partial charge in [0.15, 0.2) is 11.6 Å². The third-order valence-electron chi connectivity index (χ3n) is 3.94. The van der Waals surface area contributed by atoms with E-state index in [9.17, 15) is 8.78 Å². The minimum absolute atomic E-state index is 0.0415. The smallest absolute Gasteiger partial charge is 0.159 e. The fourth-order valence-corrected chi connectivity index (χ4v) is 2.85. The van der Waals surface area contributed by atoms with Gasteiger partial charge in [-0.25, -0.2) is 8.78 Å². The molecular formula is C18H21F2N. The van der Waals surface area contributed by atoms with E-state index in [1.54, 1.807) is 6.07 Å². The highest BCUT2D eigenvalue weighted by Crippen LogP contribution is 2.25. The number of likely N-dealkylation sites (N-methyl/N-ethyl adjacent to an activating group) is 1. The van der Waals surface area contributed by atoms with Crippen LogP contribution in [0.2, 0.25) is 0 Å². The molecule has 2 aromatic rings. The van der Waals surface area contributed by atoms with Crippen molar-refractivity contribution in [3.63, 3.8) is 0 Å². The Morgan fingerprint density at radius 2 is 1.57 bits per heavy atom. The van der Waals surface area contributed by atoms with Gasteiger partial charge in [-0.05, 0) is 68.6 Å². The van der Waals surface area contributed by atoms with Crippen LogP contribution >= 0.6 is 0 Å². The van der Waals surface area contributed by atoms with Gasteiger partial charge in [-0.3, -0.25) is 0 Å². The SMILES string of the molecule is CNC(Cc1c(C)cc(C)cc1C)c1ccc(F)c(F)c1. The summed E-state index contributed by atoms with van der Waals surface area (Å²) in [6.07, 6.45) is 0.750. The quantitative estimate of drug-likeness (QED) is 0.880. The number of halogens is 2. The van der Waals surface area contributed by atoms with Gasteiger partial charge in [0.05, 0.1) is 0 Å². The number of rotatable bonds is 4. The average Bonchev–Trinajstić information content (AvgIpc) is 2.41. The Kier molecular flexibility index (Phi) is 4.73. The third kappa shape index (κ3) is 3.48. The minimum atomic E-state index is -0.809. The van der Waals surface area contributed by atoms with E-state index in [0.717, 1.165) is 12.0 Å². The maximum Gasteiger partial charge on any atom is 0.159 e. The van der Waals surface area contributed by atoms with Gasteiger partial charge >= 0.3 is 0 Å². The fourth-order valence-electron chi connectivity index (χ4n) is 2.85. The van der Waals surface area contributed by atoms with Crippen molar-refractivity contribution in [1.29, 1.82) is 0 Å². The van der Waals surface area contributed by atoms with Crippen molar-refractivity contribution in [2.24, 2.45) is 0 Å². The molecule has 0 amide bonds. The Labute approximate surface area is 125 Å². The lowest BCUT2D eigenvalue weighted by atomic mass is 9.91. The van der Waals surface area contributed by atoms with Crippen molar-refractivity contribution in [2.45, 2.75) is 33.2 Å². The molecule has 112 valence electrons. The van der Waals surface area contributed by atoms with E-state index < -0.39 is 11.6 Å². The molecule has 0 spiro atoms. The molecule has 0 heterocycles. The van der Waals surface area contributed by atoms with Gasteiger partial charge in [0, 0.05) is 6.04 Å². The van der Waals surface area contributed by atoms with Crippen LogP contribution in [0.25, 0.3) is 0 Å². The highest BCUT2D eigenvalue weighted by Gasteiger charge is 2.15. The lowest BCUT2D eigenvalue weighted by molar-refractivity contribution is 0.501. The molecule has 1 atom stereocenters. The normalized spacial score (nSPS) is 12.5. The average molecular weight is 289 g/mol. The first-order valence-electron chi connectivity index (χ1n) is 7.11. The second-order valence-corrected chi connectivity index (χ2v) is 5.60. The summed E-state index contributed by atoms with van der Waals surface area (Å²) in [7, 11) is 1.84.